The van der Waals surface area contributed by atoms with E-state index in [0.29, 0.717) is 6.92 Å². The lowest BCUT2D eigenvalue weighted by Gasteiger charge is -2.44. The van der Waals surface area contributed by atoms with Crippen molar-refractivity contribution in [3.8, 4) is 0 Å². The minimum atomic E-state index is -3.23. The summed E-state index contributed by atoms with van der Waals surface area (Å²) in [5.41, 5.74) is 2.41. The molecule has 15 heavy (non-hydrogen) atoms. The van der Waals surface area contributed by atoms with Crippen LogP contribution in [0.5, 0.6) is 0 Å². The van der Waals surface area contributed by atoms with E-state index in [2.05, 4.69) is 4.74 Å². The molecule has 90 valence electrons. The number of esters is 1. The highest BCUT2D eigenvalue weighted by atomic mass is 19.3. The number of methoxy groups -OCH3 is 1. The predicted octanol–water partition coefficient (Wildman–Crippen LogP) is 1.81. The molecule has 0 aromatic carbocycles. The number of rotatable bonds is 3. The van der Waals surface area contributed by atoms with Crippen LogP contribution in [0.3, 0.4) is 0 Å². The van der Waals surface area contributed by atoms with Crippen LogP contribution in [0, 0.1) is 10.8 Å². The van der Waals surface area contributed by atoms with Gasteiger partial charge in [0.2, 0.25) is 0 Å². The van der Waals surface area contributed by atoms with E-state index in [1.807, 2.05) is 0 Å². The maximum atomic E-state index is 13.6. The van der Waals surface area contributed by atoms with E-state index in [4.69, 9.17) is 5.73 Å². The van der Waals surface area contributed by atoms with E-state index in [0.717, 1.165) is 7.11 Å². The Hall–Kier alpha value is -0.710. The maximum absolute atomic E-state index is 13.6. The van der Waals surface area contributed by atoms with E-state index in [9.17, 15) is 13.6 Å². The van der Waals surface area contributed by atoms with Crippen molar-refractivity contribution in [1.82, 2.24) is 0 Å². The fourth-order valence-corrected chi connectivity index (χ4v) is 1.89. The van der Waals surface area contributed by atoms with E-state index >= 15 is 0 Å². The summed E-state index contributed by atoms with van der Waals surface area (Å²) in [6, 6.07) is 0. The van der Waals surface area contributed by atoms with Gasteiger partial charge in [-0.05, 0) is 5.41 Å². The molecule has 5 heteroatoms. The van der Waals surface area contributed by atoms with Gasteiger partial charge < -0.3 is 10.5 Å². The van der Waals surface area contributed by atoms with Gasteiger partial charge in [0.05, 0.1) is 7.11 Å². The average molecular weight is 223 g/mol. The van der Waals surface area contributed by atoms with Gasteiger partial charge in [-0.1, -0.05) is 20.8 Å². The Balaban J connectivity index is 5.64. The molecule has 0 aromatic rings. The lowest BCUT2D eigenvalue weighted by Crippen LogP contribution is -2.59. The summed E-state index contributed by atoms with van der Waals surface area (Å²) in [5, 5.41) is 0. The average Bonchev–Trinajstić information content (AvgIpc) is 2.00. The van der Waals surface area contributed by atoms with E-state index in [-0.39, 0.29) is 0 Å². The molecule has 0 radical (unpaired) electrons. The number of ether oxygens (including phenoxy) is 1. The summed E-state index contributed by atoms with van der Waals surface area (Å²) >= 11 is 0. The van der Waals surface area contributed by atoms with Gasteiger partial charge in [0.15, 0.2) is 0 Å². The summed E-state index contributed by atoms with van der Waals surface area (Å²) < 4.78 is 31.7. The maximum Gasteiger partial charge on any atom is 0.319 e. The molecule has 0 bridgehead atoms. The van der Waals surface area contributed by atoms with Crippen LogP contribution in [0.4, 0.5) is 8.78 Å². The van der Waals surface area contributed by atoms with Crippen molar-refractivity contribution >= 4 is 5.97 Å². The lowest BCUT2D eigenvalue weighted by molar-refractivity contribution is -0.197. The Bertz CT molecular complexity index is 227. The minimum Gasteiger partial charge on any atom is -0.468 e. The second-order valence-electron chi connectivity index (χ2n) is 4.74. The van der Waals surface area contributed by atoms with Crippen LogP contribution in [0.25, 0.3) is 0 Å². The van der Waals surface area contributed by atoms with Crippen molar-refractivity contribution < 1.29 is 18.3 Å². The van der Waals surface area contributed by atoms with Crippen LogP contribution in [0.15, 0.2) is 0 Å². The number of alkyl halides is 2. The smallest absolute Gasteiger partial charge is 0.319 e. The van der Waals surface area contributed by atoms with Gasteiger partial charge in [-0.15, -0.1) is 0 Å². The molecule has 0 saturated heterocycles. The first-order valence-electron chi connectivity index (χ1n) is 4.71. The zero-order chi connectivity index (χ0) is 12.5. The first kappa shape index (κ1) is 14.3. The molecular formula is C10H19F2NO2. The second kappa shape index (κ2) is 4.04. The van der Waals surface area contributed by atoms with Crippen molar-refractivity contribution in [2.75, 3.05) is 13.7 Å². The highest BCUT2D eigenvalue weighted by Gasteiger charge is 2.62. The molecule has 2 N–H and O–H groups in total. The molecule has 0 aliphatic carbocycles. The third kappa shape index (κ3) is 2.12. The zero-order valence-corrected chi connectivity index (χ0v) is 9.86. The molecule has 0 aliphatic heterocycles. The highest BCUT2D eigenvalue weighted by Crippen LogP contribution is 2.49. The van der Waals surface area contributed by atoms with Gasteiger partial charge in [-0.3, -0.25) is 4.79 Å². The monoisotopic (exact) mass is 223 g/mol. The van der Waals surface area contributed by atoms with E-state index in [1.54, 1.807) is 20.8 Å². The van der Waals surface area contributed by atoms with Gasteiger partial charge >= 0.3 is 5.97 Å². The SMILES string of the molecule is COC(=O)C(CN)(C(C)(C)C)C(C)(F)F. The van der Waals surface area contributed by atoms with Crippen LogP contribution in [-0.4, -0.2) is 25.5 Å². The third-order valence-corrected chi connectivity index (χ3v) is 2.87. The first-order chi connectivity index (χ1) is 6.54. The van der Waals surface area contributed by atoms with Crippen molar-refractivity contribution in [3.63, 3.8) is 0 Å². The molecule has 0 saturated carbocycles. The summed E-state index contributed by atoms with van der Waals surface area (Å²) in [4.78, 5) is 11.6. The molecule has 1 atom stereocenters. The summed E-state index contributed by atoms with van der Waals surface area (Å²) in [6.07, 6.45) is 0. The van der Waals surface area contributed by atoms with Crippen molar-refractivity contribution in [2.45, 2.75) is 33.6 Å². The van der Waals surface area contributed by atoms with Crippen LogP contribution in [0.1, 0.15) is 27.7 Å². The summed E-state index contributed by atoms with van der Waals surface area (Å²) in [5.74, 6) is -4.20. The Morgan fingerprint density at radius 3 is 1.73 bits per heavy atom. The summed E-state index contributed by atoms with van der Waals surface area (Å²) in [7, 11) is 1.09. The predicted molar refractivity (Wildman–Crippen MR) is 53.6 cm³/mol. The third-order valence-electron chi connectivity index (χ3n) is 2.87. The molecule has 0 aromatic heterocycles. The van der Waals surface area contributed by atoms with Crippen molar-refractivity contribution in [2.24, 2.45) is 16.6 Å². The minimum absolute atomic E-state index is 0.452. The lowest BCUT2D eigenvalue weighted by atomic mass is 9.63. The summed E-state index contributed by atoms with van der Waals surface area (Å²) in [6.45, 7) is 4.89. The molecule has 0 aliphatic rings. The van der Waals surface area contributed by atoms with Crippen LogP contribution >= 0.6 is 0 Å². The largest absolute Gasteiger partial charge is 0.468 e. The molecular weight excluding hydrogens is 204 g/mol. The number of hydrogen-bond donors (Lipinski definition) is 1. The van der Waals surface area contributed by atoms with Crippen LogP contribution in [-0.2, 0) is 9.53 Å². The van der Waals surface area contributed by atoms with Crippen LogP contribution < -0.4 is 5.73 Å². The topological polar surface area (TPSA) is 52.3 Å². The molecule has 3 nitrogen and oxygen atoms in total. The van der Waals surface area contributed by atoms with Gasteiger partial charge in [0.1, 0.15) is 5.41 Å². The molecule has 0 amide bonds. The van der Waals surface area contributed by atoms with Crippen LogP contribution in [0.2, 0.25) is 0 Å². The molecule has 0 rings (SSSR count). The molecule has 0 heterocycles. The second-order valence-corrected chi connectivity index (χ2v) is 4.74. The molecule has 1 unspecified atom stereocenters. The van der Waals surface area contributed by atoms with Gasteiger partial charge in [-0.25, -0.2) is 8.78 Å². The van der Waals surface area contributed by atoms with Gasteiger partial charge in [0, 0.05) is 13.5 Å². The van der Waals surface area contributed by atoms with Crippen molar-refractivity contribution in [3.05, 3.63) is 0 Å². The molecule has 0 fully saturated rings. The fourth-order valence-electron chi connectivity index (χ4n) is 1.89. The van der Waals surface area contributed by atoms with Gasteiger partial charge in [0.25, 0.3) is 5.92 Å². The Morgan fingerprint density at radius 1 is 1.27 bits per heavy atom. The van der Waals surface area contributed by atoms with Crippen molar-refractivity contribution in [1.29, 1.82) is 0 Å². The van der Waals surface area contributed by atoms with E-state index in [1.165, 1.54) is 0 Å². The normalized spacial score (nSPS) is 17.1. The zero-order valence-electron chi connectivity index (χ0n) is 9.86. The highest BCUT2D eigenvalue weighted by molar-refractivity contribution is 5.79. The fraction of sp³-hybridized carbons (Fsp3) is 0.900. The number of halogens is 2. The Morgan fingerprint density at radius 2 is 1.67 bits per heavy atom. The first-order valence-corrected chi connectivity index (χ1v) is 4.71. The van der Waals surface area contributed by atoms with E-state index < -0.39 is 29.3 Å². The number of carbonyl (C=O) groups excluding carboxylic acids is 1. The van der Waals surface area contributed by atoms with Gasteiger partial charge in [-0.2, -0.15) is 0 Å². The number of hydrogen-bond acceptors (Lipinski definition) is 3. The quantitative estimate of drug-likeness (QED) is 0.742. The Kier molecular flexibility index (Phi) is 3.85. The Labute approximate surface area is 89.0 Å². The number of carbonyl (C=O) groups is 1. The molecule has 0 spiro atoms. The number of nitrogens with two attached hydrogens (primary N) is 1. The standard InChI is InChI=1S/C10H19F2NO2/c1-8(2,3)10(6-13,7(14)15-5)9(4,11)12/h6,13H2,1-5H3.